The van der Waals surface area contributed by atoms with Crippen LogP contribution in [0.25, 0.3) is 10.8 Å². The van der Waals surface area contributed by atoms with E-state index in [-0.39, 0.29) is 29.5 Å². The molecule has 11 heteroatoms. The summed E-state index contributed by atoms with van der Waals surface area (Å²) < 4.78 is 44.3. The van der Waals surface area contributed by atoms with Gasteiger partial charge >= 0.3 is 6.18 Å². The highest BCUT2D eigenvalue weighted by Crippen LogP contribution is 2.30. The first-order chi connectivity index (χ1) is 18.6. The number of phenols is 1. The van der Waals surface area contributed by atoms with E-state index < -0.39 is 23.6 Å². The predicted molar refractivity (Wildman–Crippen MR) is 141 cm³/mol. The maximum atomic E-state index is 12.9. The van der Waals surface area contributed by atoms with Crippen molar-refractivity contribution in [2.75, 3.05) is 6.61 Å². The lowest BCUT2D eigenvalue weighted by molar-refractivity contribution is -0.137. The lowest BCUT2D eigenvalue weighted by Gasteiger charge is -2.12. The highest BCUT2D eigenvalue weighted by atomic mass is 35.5. The van der Waals surface area contributed by atoms with Gasteiger partial charge in [-0.3, -0.25) is 9.59 Å². The van der Waals surface area contributed by atoms with E-state index in [0.29, 0.717) is 22.3 Å². The first-order valence-electron chi connectivity index (χ1n) is 11.5. The molecule has 200 valence electrons. The van der Waals surface area contributed by atoms with E-state index >= 15 is 0 Å². The number of carbonyl (C=O) groups excluding carboxylic acids is 2. The molecule has 0 saturated heterocycles. The number of hydrogen-bond donors (Lipinski definition) is 3. The van der Waals surface area contributed by atoms with Crippen LogP contribution in [0.1, 0.15) is 27.0 Å². The van der Waals surface area contributed by atoms with Gasteiger partial charge in [0.25, 0.3) is 11.8 Å². The molecule has 4 aromatic rings. The maximum Gasteiger partial charge on any atom is 0.416 e. The van der Waals surface area contributed by atoms with Crippen LogP contribution < -0.4 is 15.5 Å². The molecule has 0 fully saturated rings. The van der Waals surface area contributed by atoms with Crippen LogP contribution in [0.15, 0.2) is 84.0 Å². The third-order valence-corrected chi connectivity index (χ3v) is 5.90. The number of phenolic OH excluding ortho intramolecular Hbond substituents is 1. The van der Waals surface area contributed by atoms with E-state index in [1.807, 2.05) is 12.1 Å². The molecule has 3 N–H and O–H groups in total. The smallest absolute Gasteiger partial charge is 0.416 e. The molecule has 0 aliphatic rings. The maximum absolute atomic E-state index is 12.9. The van der Waals surface area contributed by atoms with Crippen molar-refractivity contribution in [2.45, 2.75) is 12.7 Å². The van der Waals surface area contributed by atoms with Crippen LogP contribution in [0, 0.1) is 0 Å². The molecule has 0 unspecified atom stereocenters. The van der Waals surface area contributed by atoms with Gasteiger partial charge in [0.05, 0.1) is 16.8 Å². The van der Waals surface area contributed by atoms with E-state index in [0.717, 1.165) is 17.5 Å². The van der Waals surface area contributed by atoms with Crippen molar-refractivity contribution in [3.8, 4) is 11.5 Å². The Kier molecular flexibility index (Phi) is 8.36. The zero-order valence-corrected chi connectivity index (χ0v) is 20.9. The van der Waals surface area contributed by atoms with Gasteiger partial charge in [-0.15, -0.1) is 0 Å². The van der Waals surface area contributed by atoms with E-state index in [9.17, 15) is 27.9 Å². The topological polar surface area (TPSA) is 100 Å². The lowest BCUT2D eigenvalue weighted by Crippen LogP contribution is -2.28. The summed E-state index contributed by atoms with van der Waals surface area (Å²) in [4.78, 5) is 24.6. The number of benzene rings is 4. The molecule has 0 heterocycles. The van der Waals surface area contributed by atoms with Crippen molar-refractivity contribution in [3.63, 3.8) is 0 Å². The zero-order chi connectivity index (χ0) is 28.0. The van der Waals surface area contributed by atoms with Gasteiger partial charge in [-0.25, -0.2) is 5.43 Å². The van der Waals surface area contributed by atoms with Crippen LogP contribution in [0.3, 0.4) is 0 Å². The van der Waals surface area contributed by atoms with Gasteiger partial charge in [-0.2, -0.15) is 18.3 Å². The number of carbonyl (C=O) groups is 2. The Balaban J connectivity index is 1.39. The lowest BCUT2D eigenvalue weighted by atomic mass is 10.0. The number of nitrogens with zero attached hydrogens (tertiary/aromatic N) is 1. The first-order valence-corrected chi connectivity index (χ1v) is 11.9. The van der Waals surface area contributed by atoms with Gasteiger partial charge in [0.1, 0.15) is 11.5 Å². The number of hydrogen-bond acceptors (Lipinski definition) is 5. The molecule has 0 spiro atoms. The number of hydrazone groups is 1. The molecular formula is C28H21ClF3N3O4. The van der Waals surface area contributed by atoms with Gasteiger partial charge in [0.15, 0.2) is 6.61 Å². The number of ether oxygens (including phenoxy) is 1. The second kappa shape index (κ2) is 11.9. The summed E-state index contributed by atoms with van der Waals surface area (Å²) in [6.07, 6.45) is -3.01. The Hall–Kier alpha value is -4.57. The van der Waals surface area contributed by atoms with E-state index in [1.54, 1.807) is 24.3 Å². The average Bonchev–Trinajstić information content (AvgIpc) is 2.92. The standard InChI is InChI=1S/C28H21ClF3N3O4/c29-23-13-18(8-10-24(23)36)27(38)35-34-15-19-9-11-25(22-7-2-1-6-21(19)22)39-16-26(37)33-14-17-4-3-5-20(12-17)28(30,31)32/h1-13,15,36H,14,16H2,(H,33,37)(H,35,38)/b34-15+. The average molecular weight is 556 g/mol. The van der Waals surface area contributed by atoms with Crippen molar-refractivity contribution in [2.24, 2.45) is 5.10 Å². The Morgan fingerprint density at radius 3 is 2.49 bits per heavy atom. The Morgan fingerprint density at radius 1 is 0.974 bits per heavy atom. The molecular weight excluding hydrogens is 535 g/mol. The summed E-state index contributed by atoms with van der Waals surface area (Å²) in [5.41, 5.74) is 2.80. The fourth-order valence-corrected chi connectivity index (χ4v) is 3.84. The van der Waals surface area contributed by atoms with Gasteiger partial charge in [-0.05, 0) is 53.4 Å². The number of halogens is 4. The Labute approximate surface area is 225 Å². The van der Waals surface area contributed by atoms with Crippen LogP contribution in [-0.4, -0.2) is 29.7 Å². The fraction of sp³-hybridized carbons (Fsp3) is 0.107. The second-order valence-corrected chi connectivity index (χ2v) is 8.73. The van der Waals surface area contributed by atoms with Crippen LogP contribution >= 0.6 is 11.6 Å². The summed E-state index contributed by atoms with van der Waals surface area (Å²) >= 11 is 5.84. The number of aromatic hydroxyl groups is 1. The molecule has 0 saturated carbocycles. The zero-order valence-electron chi connectivity index (χ0n) is 20.1. The first kappa shape index (κ1) is 27.5. The second-order valence-electron chi connectivity index (χ2n) is 8.33. The Bertz CT molecular complexity index is 1560. The van der Waals surface area contributed by atoms with Gasteiger partial charge in [-0.1, -0.05) is 48.0 Å². The van der Waals surface area contributed by atoms with Crippen LogP contribution in [0.5, 0.6) is 11.5 Å². The third-order valence-electron chi connectivity index (χ3n) is 5.60. The van der Waals surface area contributed by atoms with Crippen molar-refractivity contribution >= 4 is 40.4 Å². The number of amides is 2. The number of alkyl halides is 3. The third kappa shape index (κ3) is 7.05. The van der Waals surface area contributed by atoms with Crippen molar-refractivity contribution in [1.29, 1.82) is 0 Å². The van der Waals surface area contributed by atoms with E-state index in [4.69, 9.17) is 16.3 Å². The van der Waals surface area contributed by atoms with E-state index in [2.05, 4.69) is 15.8 Å². The van der Waals surface area contributed by atoms with Crippen LogP contribution in [-0.2, 0) is 17.5 Å². The quantitative estimate of drug-likeness (QED) is 0.192. The molecule has 39 heavy (non-hydrogen) atoms. The molecule has 0 aromatic heterocycles. The molecule has 0 bridgehead atoms. The summed E-state index contributed by atoms with van der Waals surface area (Å²) in [6.45, 7) is -0.425. The van der Waals surface area contributed by atoms with E-state index in [1.165, 1.54) is 36.5 Å². The highest BCUT2D eigenvalue weighted by molar-refractivity contribution is 6.32. The molecule has 0 radical (unpaired) electrons. The molecule has 0 atom stereocenters. The minimum Gasteiger partial charge on any atom is -0.506 e. The Morgan fingerprint density at radius 2 is 1.74 bits per heavy atom. The summed E-state index contributed by atoms with van der Waals surface area (Å²) in [5, 5.41) is 17.5. The predicted octanol–water partition coefficient (Wildman–Crippen LogP) is 5.68. The minimum absolute atomic E-state index is 0.0394. The largest absolute Gasteiger partial charge is 0.506 e. The fourth-order valence-electron chi connectivity index (χ4n) is 3.66. The molecule has 4 rings (SSSR count). The highest BCUT2D eigenvalue weighted by Gasteiger charge is 2.30. The SMILES string of the molecule is O=C(COc1ccc(/C=N/NC(=O)c2ccc(O)c(Cl)c2)c2ccccc12)NCc1cccc(C(F)(F)F)c1. The molecule has 0 aliphatic heterocycles. The van der Waals surface area contributed by atoms with Crippen molar-refractivity contribution in [3.05, 3.63) is 106 Å². The summed E-state index contributed by atoms with van der Waals surface area (Å²) in [6, 6.07) is 19.3. The molecule has 0 aliphatic carbocycles. The van der Waals surface area contributed by atoms with Crippen LogP contribution in [0.4, 0.5) is 13.2 Å². The van der Waals surface area contributed by atoms with Gasteiger partial charge in [0.2, 0.25) is 0 Å². The van der Waals surface area contributed by atoms with Gasteiger partial charge in [0, 0.05) is 23.1 Å². The van der Waals surface area contributed by atoms with Crippen molar-refractivity contribution in [1.82, 2.24) is 10.7 Å². The van der Waals surface area contributed by atoms with Gasteiger partial charge < -0.3 is 15.2 Å². The number of nitrogens with one attached hydrogen (secondary N) is 2. The number of rotatable bonds is 8. The summed E-state index contributed by atoms with van der Waals surface area (Å²) in [7, 11) is 0. The van der Waals surface area contributed by atoms with Crippen molar-refractivity contribution < 1.29 is 32.6 Å². The number of fused-ring (bicyclic) bond motifs is 1. The van der Waals surface area contributed by atoms with Crippen LogP contribution in [0.2, 0.25) is 5.02 Å². The normalized spacial score (nSPS) is 11.5. The molecule has 7 nitrogen and oxygen atoms in total. The summed E-state index contributed by atoms with van der Waals surface area (Å²) in [5.74, 6) is -0.744. The minimum atomic E-state index is -4.46. The molecule has 4 aromatic carbocycles. The monoisotopic (exact) mass is 555 g/mol. The molecule has 2 amide bonds.